The van der Waals surface area contributed by atoms with Gasteiger partial charge >= 0.3 is 5.97 Å². The smallest absolute Gasteiger partial charge is 0.344 e. The van der Waals surface area contributed by atoms with Crippen molar-refractivity contribution in [1.82, 2.24) is 0 Å². The number of rotatable bonds is 12. The lowest BCUT2D eigenvalue weighted by atomic mass is 9.97. The fraction of sp³-hybridized carbons (Fsp3) is 0.423. The van der Waals surface area contributed by atoms with E-state index in [0.717, 1.165) is 47.1 Å². The number of benzene rings is 2. The van der Waals surface area contributed by atoms with Gasteiger partial charge in [-0.05, 0) is 80.0 Å². The Morgan fingerprint density at radius 3 is 2.66 bits per heavy atom. The van der Waals surface area contributed by atoms with Gasteiger partial charge in [0.05, 0.1) is 13.2 Å². The van der Waals surface area contributed by atoms with Crippen LogP contribution in [0.25, 0.3) is 10.1 Å². The van der Waals surface area contributed by atoms with Crippen molar-refractivity contribution in [2.75, 3.05) is 19.8 Å². The highest BCUT2D eigenvalue weighted by Gasteiger charge is 2.15. The van der Waals surface area contributed by atoms with E-state index < -0.39 is 0 Å². The van der Waals surface area contributed by atoms with Crippen LogP contribution in [-0.2, 0) is 9.53 Å². The number of fused-ring (bicyclic) bond motifs is 1. The average molecular weight is 459 g/mol. The van der Waals surface area contributed by atoms with Crippen molar-refractivity contribution in [3.8, 4) is 11.5 Å². The molecular formula is C26H31FO4S. The third-order valence-electron chi connectivity index (χ3n) is 5.34. The summed E-state index contributed by atoms with van der Waals surface area (Å²) in [5.74, 6) is 1.24. The van der Waals surface area contributed by atoms with Crippen molar-refractivity contribution in [3.05, 3.63) is 58.7 Å². The highest BCUT2D eigenvalue weighted by atomic mass is 32.1. The van der Waals surface area contributed by atoms with Crippen LogP contribution in [0.5, 0.6) is 11.5 Å². The Hall–Kier alpha value is -2.60. The van der Waals surface area contributed by atoms with Gasteiger partial charge in [-0.2, -0.15) is 0 Å². The van der Waals surface area contributed by atoms with Crippen molar-refractivity contribution in [2.24, 2.45) is 0 Å². The average Bonchev–Trinajstić information content (AvgIpc) is 3.18. The Morgan fingerprint density at radius 2 is 1.91 bits per heavy atom. The molecule has 32 heavy (non-hydrogen) atoms. The molecule has 3 aromatic rings. The van der Waals surface area contributed by atoms with Crippen LogP contribution in [-0.4, -0.2) is 25.8 Å². The second-order valence-corrected chi connectivity index (χ2v) is 8.94. The molecule has 6 heteroatoms. The molecule has 0 amide bonds. The van der Waals surface area contributed by atoms with E-state index in [9.17, 15) is 9.18 Å². The van der Waals surface area contributed by atoms with E-state index in [1.54, 1.807) is 24.3 Å². The SMILES string of the molecule is CCCCC(CCOc1ccc(OCC(=O)OCC)c(C)c1)c1cc2ccc(F)cc2s1. The van der Waals surface area contributed by atoms with E-state index in [-0.39, 0.29) is 18.4 Å². The zero-order chi connectivity index (χ0) is 22.9. The molecule has 0 radical (unpaired) electrons. The molecule has 0 bridgehead atoms. The number of unbranched alkanes of at least 4 members (excludes halogenated alkanes) is 1. The Balaban J connectivity index is 1.59. The van der Waals surface area contributed by atoms with Crippen LogP contribution in [0, 0.1) is 12.7 Å². The first-order chi connectivity index (χ1) is 15.5. The molecule has 2 aromatic carbocycles. The van der Waals surface area contributed by atoms with Crippen LogP contribution in [0.15, 0.2) is 42.5 Å². The molecule has 0 N–H and O–H groups in total. The monoisotopic (exact) mass is 458 g/mol. The molecule has 1 atom stereocenters. The highest BCUT2D eigenvalue weighted by Crippen LogP contribution is 2.36. The highest BCUT2D eigenvalue weighted by molar-refractivity contribution is 7.19. The van der Waals surface area contributed by atoms with E-state index in [1.807, 2.05) is 31.2 Å². The summed E-state index contributed by atoms with van der Waals surface area (Å²) in [6, 6.07) is 12.8. The molecule has 0 spiro atoms. The maximum atomic E-state index is 13.6. The molecule has 1 aromatic heterocycles. The minimum atomic E-state index is -0.380. The molecule has 1 unspecified atom stereocenters. The normalized spacial score (nSPS) is 12.0. The summed E-state index contributed by atoms with van der Waals surface area (Å²) in [7, 11) is 0. The summed E-state index contributed by atoms with van der Waals surface area (Å²) in [5.41, 5.74) is 0.904. The van der Waals surface area contributed by atoms with Crippen LogP contribution >= 0.6 is 11.3 Å². The van der Waals surface area contributed by atoms with Crippen molar-refractivity contribution in [2.45, 2.75) is 52.4 Å². The van der Waals surface area contributed by atoms with Gasteiger partial charge in [0.2, 0.25) is 0 Å². The van der Waals surface area contributed by atoms with Gasteiger partial charge in [0.1, 0.15) is 17.3 Å². The number of esters is 1. The topological polar surface area (TPSA) is 44.8 Å². The predicted octanol–water partition coefficient (Wildman–Crippen LogP) is 7.03. The van der Waals surface area contributed by atoms with E-state index in [0.29, 0.717) is 24.9 Å². The molecular weight excluding hydrogens is 427 g/mol. The van der Waals surface area contributed by atoms with Crippen LogP contribution in [0.2, 0.25) is 0 Å². The van der Waals surface area contributed by atoms with E-state index >= 15 is 0 Å². The van der Waals surface area contributed by atoms with Crippen molar-refractivity contribution < 1.29 is 23.4 Å². The first-order valence-corrected chi connectivity index (χ1v) is 12.0. The van der Waals surface area contributed by atoms with E-state index in [1.165, 1.54) is 10.9 Å². The van der Waals surface area contributed by atoms with Gasteiger partial charge in [0.15, 0.2) is 6.61 Å². The van der Waals surface area contributed by atoms with Gasteiger partial charge in [0, 0.05) is 9.58 Å². The molecule has 172 valence electrons. The predicted molar refractivity (Wildman–Crippen MR) is 127 cm³/mol. The number of carbonyl (C=O) groups excluding carboxylic acids is 1. The van der Waals surface area contributed by atoms with Gasteiger partial charge < -0.3 is 14.2 Å². The molecule has 0 saturated heterocycles. The minimum Gasteiger partial charge on any atom is -0.494 e. The summed E-state index contributed by atoms with van der Waals surface area (Å²) in [5, 5.41) is 1.10. The van der Waals surface area contributed by atoms with Crippen LogP contribution in [0.1, 0.15) is 55.9 Å². The maximum absolute atomic E-state index is 13.6. The standard InChI is InChI=1S/C26H31FO4S/c1-4-6-7-19(24-15-20-8-9-21(27)16-25(20)32-24)12-13-30-22-10-11-23(18(3)14-22)31-17-26(28)29-5-2/h8-11,14-16,19H,4-7,12-13,17H2,1-3H3. The summed E-state index contributed by atoms with van der Waals surface area (Å²) < 4.78 is 31.0. The lowest BCUT2D eigenvalue weighted by molar-refractivity contribution is -0.145. The Labute approximate surface area is 193 Å². The zero-order valence-corrected chi connectivity index (χ0v) is 19.8. The number of hydrogen-bond donors (Lipinski definition) is 0. The third kappa shape index (κ3) is 6.70. The fourth-order valence-corrected chi connectivity index (χ4v) is 4.90. The van der Waals surface area contributed by atoms with Crippen molar-refractivity contribution >= 4 is 27.4 Å². The summed E-state index contributed by atoms with van der Waals surface area (Å²) >= 11 is 1.68. The Bertz CT molecular complexity index is 1030. The Morgan fingerprint density at radius 1 is 1.06 bits per heavy atom. The lowest BCUT2D eigenvalue weighted by Gasteiger charge is -2.16. The maximum Gasteiger partial charge on any atom is 0.344 e. The molecule has 1 heterocycles. The van der Waals surface area contributed by atoms with Crippen molar-refractivity contribution in [3.63, 3.8) is 0 Å². The molecule has 3 rings (SSSR count). The second kappa shape index (κ2) is 11.9. The van der Waals surface area contributed by atoms with Gasteiger partial charge in [-0.3, -0.25) is 0 Å². The largest absolute Gasteiger partial charge is 0.494 e. The van der Waals surface area contributed by atoms with E-state index in [2.05, 4.69) is 13.0 Å². The first kappa shape index (κ1) is 24.1. The number of aryl methyl sites for hydroxylation is 1. The number of ether oxygens (including phenoxy) is 3. The molecule has 0 fully saturated rings. The van der Waals surface area contributed by atoms with Crippen LogP contribution < -0.4 is 9.47 Å². The number of thiophene rings is 1. The third-order valence-corrected chi connectivity index (χ3v) is 6.60. The molecule has 0 aliphatic rings. The molecule has 0 aliphatic carbocycles. The molecule has 0 aliphatic heterocycles. The van der Waals surface area contributed by atoms with E-state index in [4.69, 9.17) is 14.2 Å². The fourth-order valence-electron chi connectivity index (χ4n) is 3.64. The second-order valence-electron chi connectivity index (χ2n) is 7.83. The van der Waals surface area contributed by atoms with Crippen LogP contribution in [0.3, 0.4) is 0 Å². The first-order valence-electron chi connectivity index (χ1n) is 11.2. The number of carbonyl (C=O) groups is 1. The number of hydrogen-bond acceptors (Lipinski definition) is 5. The lowest BCUT2D eigenvalue weighted by Crippen LogP contribution is -2.15. The van der Waals surface area contributed by atoms with Gasteiger partial charge in [0.25, 0.3) is 0 Å². The van der Waals surface area contributed by atoms with Gasteiger partial charge in [-0.25, -0.2) is 9.18 Å². The van der Waals surface area contributed by atoms with Gasteiger partial charge in [-0.15, -0.1) is 11.3 Å². The van der Waals surface area contributed by atoms with Gasteiger partial charge in [-0.1, -0.05) is 25.8 Å². The Kier molecular flexibility index (Phi) is 8.91. The minimum absolute atomic E-state index is 0.104. The number of halogens is 1. The molecule has 4 nitrogen and oxygen atoms in total. The zero-order valence-electron chi connectivity index (χ0n) is 19.0. The van der Waals surface area contributed by atoms with Crippen molar-refractivity contribution in [1.29, 1.82) is 0 Å². The summed E-state index contributed by atoms with van der Waals surface area (Å²) in [6.07, 6.45) is 4.28. The van der Waals surface area contributed by atoms with Crippen LogP contribution in [0.4, 0.5) is 4.39 Å². The summed E-state index contributed by atoms with van der Waals surface area (Å²) in [4.78, 5) is 12.8. The molecule has 0 saturated carbocycles. The quantitative estimate of drug-likeness (QED) is 0.273. The summed E-state index contributed by atoms with van der Waals surface area (Å²) in [6.45, 7) is 6.72.